The number of aromatic amines is 1. The van der Waals surface area contributed by atoms with Gasteiger partial charge in [0.15, 0.2) is 6.61 Å². The van der Waals surface area contributed by atoms with Crippen molar-refractivity contribution >= 4 is 16.8 Å². The predicted octanol–water partition coefficient (Wildman–Crippen LogP) is 3.56. The fraction of sp³-hybridized carbons (Fsp3) is 0.286. The van der Waals surface area contributed by atoms with E-state index in [9.17, 15) is 4.79 Å². The van der Waals surface area contributed by atoms with E-state index in [1.165, 1.54) is 22.2 Å². The number of likely N-dealkylation sites (N-methyl/N-ethyl adjacent to an activating group) is 1. The number of hydrogen-bond donors (Lipinski definition) is 1. The number of fused-ring (bicyclic) bond motifs is 3. The first kappa shape index (κ1) is 15.8. The topological polar surface area (TPSA) is 45.3 Å². The Labute approximate surface area is 147 Å². The molecule has 1 N–H and O–H groups in total. The van der Waals surface area contributed by atoms with Crippen molar-refractivity contribution in [2.24, 2.45) is 0 Å². The van der Waals surface area contributed by atoms with Gasteiger partial charge in [-0.15, -0.1) is 0 Å². The Morgan fingerprint density at radius 1 is 1.16 bits per heavy atom. The molecule has 1 atom stereocenters. The summed E-state index contributed by atoms with van der Waals surface area (Å²) in [7, 11) is 1.89. The van der Waals surface area contributed by atoms with Crippen LogP contribution in [0.4, 0.5) is 0 Å². The molecular weight excluding hydrogens is 312 g/mol. The van der Waals surface area contributed by atoms with Crippen molar-refractivity contribution in [1.82, 2.24) is 9.88 Å². The van der Waals surface area contributed by atoms with Gasteiger partial charge in [-0.2, -0.15) is 0 Å². The number of aryl methyl sites for hydroxylation is 1. The van der Waals surface area contributed by atoms with Gasteiger partial charge in [-0.25, -0.2) is 0 Å². The average molecular weight is 334 g/mol. The molecule has 1 unspecified atom stereocenters. The molecule has 0 saturated heterocycles. The Morgan fingerprint density at radius 3 is 2.76 bits per heavy atom. The van der Waals surface area contributed by atoms with Crippen LogP contribution in [0.3, 0.4) is 0 Å². The molecule has 1 heterocycles. The van der Waals surface area contributed by atoms with Crippen LogP contribution in [0, 0.1) is 0 Å². The summed E-state index contributed by atoms with van der Waals surface area (Å²) in [4.78, 5) is 17.9. The quantitative estimate of drug-likeness (QED) is 0.793. The van der Waals surface area contributed by atoms with Crippen molar-refractivity contribution in [3.63, 3.8) is 0 Å². The van der Waals surface area contributed by atoms with E-state index in [1.807, 2.05) is 42.3 Å². The Hall–Kier alpha value is -2.75. The van der Waals surface area contributed by atoms with E-state index < -0.39 is 0 Å². The first-order chi connectivity index (χ1) is 12.2. The molecule has 1 aromatic heterocycles. The minimum Gasteiger partial charge on any atom is -0.484 e. The number of para-hydroxylation sites is 2. The monoisotopic (exact) mass is 334 g/mol. The molecule has 0 spiro atoms. The molecule has 1 amide bonds. The molecule has 0 fully saturated rings. The summed E-state index contributed by atoms with van der Waals surface area (Å²) < 4.78 is 5.61. The number of amides is 1. The summed E-state index contributed by atoms with van der Waals surface area (Å²) in [5, 5.41) is 1.28. The van der Waals surface area contributed by atoms with Gasteiger partial charge < -0.3 is 14.6 Å². The number of carbonyl (C=O) groups is 1. The number of nitrogens with zero attached hydrogens (tertiary/aromatic N) is 1. The number of benzene rings is 2. The molecule has 0 radical (unpaired) electrons. The first-order valence-electron chi connectivity index (χ1n) is 8.74. The molecule has 128 valence electrons. The van der Waals surface area contributed by atoms with Crippen LogP contribution in [0.25, 0.3) is 10.9 Å². The van der Waals surface area contributed by atoms with E-state index in [0.29, 0.717) is 0 Å². The van der Waals surface area contributed by atoms with E-state index in [4.69, 9.17) is 4.74 Å². The zero-order valence-corrected chi connectivity index (χ0v) is 14.4. The molecule has 0 aliphatic heterocycles. The highest BCUT2D eigenvalue weighted by molar-refractivity contribution is 5.85. The van der Waals surface area contributed by atoms with Crippen LogP contribution in [0.15, 0.2) is 54.6 Å². The minimum absolute atomic E-state index is 0.0251. The first-order valence-corrected chi connectivity index (χ1v) is 8.74. The molecule has 4 nitrogen and oxygen atoms in total. The van der Waals surface area contributed by atoms with Gasteiger partial charge in [0.25, 0.3) is 5.91 Å². The van der Waals surface area contributed by atoms with Gasteiger partial charge in [0.1, 0.15) is 5.75 Å². The van der Waals surface area contributed by atoms with E-state index in [0.717, 1.165) is 25.0 Å². The lowest BCUT2D eigenvalue weighted by molar-refractivity contribution is -0.134. The molecule has 1 aliphatic rings. The lowest BCUT2D eigenvalue weighted by atomic mass is 9.90. The van der Waals surface area contributed by atoms with Gasteiger partial charge in [0, 0.05) is 29.7 Å². The number of ether oxygens (including phenoxy) is 1. The van der Waals surface area contributed by atoms with Crippen molar-refractivity contribution in [2.45, 2.75) is 25.3 Å². The third-order valence-electron chi connectivity index (χ3n) is 5.12. The molecule has 0 saturated carbocycles. The third-order valence-corrected chi connectivity index (χ3v) is 5.12. The summed E-state index contributed by atoms with van der Waals surface area (Å²) in [6.45, 7) is 0.0811. The number of H-pyrrole nitrogens is 1. The highest BCUT2D eigenvalue weighted by Crippen LogP contribution is 2.30. The lowest BCUT2D eigenvalue weighted by Gasteiger charge is -2.31. The summed E-state index contributed by atoms with van der Waals surface area (Å²) in [5.41, 5.74) is 3.86. The van der Waals surface area contributed by atoms with Crippen LogP contribution in [-0.4, -0.2) is 35.5 Å². The van der Waals surface area contributed by atoms with Crippen LogP contribution in [0.1, 0.15) is 17.7 Å². The van der Waals surface area contributed by atoms with Crippen molar-refractivity contribution < 1.29 is 9.53 Å². The second-order valence-corrected chi connectivity index (χ2v) is 6.63. The normalized spacial score (nSPS) is 16.4. The van der Waals surface area contributed by atoms with Crippen molar-refractivity contribution in [1.29, 1.82) is 0 Å². The van der Waals surface area contributed by atoms with Crippen LogP contribution >= 0.6 is 0 Å². The van der Waals surface area contributed by atoms with Crippen molar-refractivity contribution in [2.75, 3.05) is 13.7 Å². The minimum atomic E-state index is 0.0251. The standard InChI is InChI=1S/C21H22N2O2/c1-23(21(24)14-25-16-7-3-2-4-8-16)15-11-12-20-18(13-15)17-9-5-6-10-19(17)22-20/h2-10,15,22H,11-14H2,1H3. The highest BCUT2D eigenvalue weighted by Gasteiger charge is 2.27. The summed E-state index contributed by atoms with van der Waals surface area (Å²) >= 11 is 0. The maximum Gasteiger partial charge on any atom is 0.260 e. The highest BCUT2D eigenvalue weighted by atomic mass is 16.5. The van der Waals surface area contributed by atoms with E-state index >= 15 is 0 Å². The fourth-order valence-electron chi connectivity index (χ4n) is 3.65. The van der Waals surface area contributed by atoms with Crippen LogP contribution < -0.4 is 4.74 Å². The Bertz CT molecular complexity index is 885. The second kappa shape index (κ2) is 6.63. The van der Waals surface area contributed by atoms with Crippen LogP contribution in [0.5, 0.6) is 5.75 Å². The number of hydrogen-bond acceptors (Lipinski definition) is 2. The molecule has 1 aliphatic carbocycles. The number of aromatic nitrogens is 1. The van der Waals surface area contributed by atoms with Gasteiger partial charge in [-0.1, -0.05) is 36.4 Å². The van der Waals surface area contributed by atoms with Gasteiger partial charge in [0.2, 0.25) is 0 Å². The van der Waals surface area contributed by atoms with Gasteiger partial charge in [-0.3, -0.25) is 4.79 Å². The largest absolute Gasteiger partial charge is 0.484 e. The average Bonchev–Trinajstić information content (AvgIpc) is 3.04. The van der Waals surface area contributed by atoms with E-state index in [1.54, 1.807) is 0 Å². The summed E-state index contributed by atoms with van der Waals surface area (Å²) in [6.07, 6.45) is 2.85. The second-order valence-electron chi connectivity index (χ2n) is 6.63. The van der Waals surface area contributed by atoms with Crippen LogP contribution in [-0.2, 0) is 17.6 Å². The number of carbonyl (C=O) groups excluding carboxylic acids is 1. The van der Waals surface area contributed by atoms with E-state index in [2.05, 4.69) is 29.2 Å². The Balaban J connectivity index is 1.44. The van der Waals surface area contributed by atoms with Gasteiger partial charge in [-0.05, 0) is 43.0 Å². The molecular formula is C21H22N2O2. The molecule has 25 heavy (non-hydrogen) atoms. The predicted molar refractivity (Wildman–Crippen MR) is 98.8 cm³/mol. The number of nitrogens with one attached hydrogen (secondary N) is 1. The number of rotatable bonds is 4. The summed E-state index contributed by atoms with van der Waals surface area (Å²) in [5.74, 6) is 0.754. The maximum absolute atomic E-state index is 12.5. The third kappa shape index (κ3) is 3.12. The van der Waals surface area contributed by atoms with Crippen LogP contribution in [0.2, 0.25) is 0 Å². The van der Waals surface area contributed by atoms with Gasteiger partial charge in [0.05, 0.1) is 0 Å². The fourth-order valence-corrected chi connectivity index (χ4v) is 3.65. The van der Waals surface area contributed by atoms with Crippen molar-refractivity contribution in [3.8, 4) is 5.75 Å². The van der Waals surface area contributed by atoms with E-state index in [-0.39, 0.29) is 18.6 Å². The van der Waals surface area contributed by atoms with Gasteiger partial charge >= 0.3 is 0 Å². The Kier molecular flexibility index (Phi) is 4.18. The zero-order chi connectivity index (χ0) is 17.2. The molecule has 4 rings (SSSR count). The molecule has 0 bridgehead atoms. The molecule has 3 aromatic rings. The summed E-state index contributed by atoms with van der Waals surface area (Å²) in [6, 6.07) is 18.1. The smallest absolute Gasteiger partial charge is 0.260 e. The SMILES string of the molecule is CN(C(=O)COc1ccccc1)C1CCc2[nH]c3ccccc3c2C1. The zero-order valence-electron chi connectivity index (χ0n) is 14.4. The Morgan fingerprint density at radius 2 is 1.92 bits per heavy atom. The molecule has 2 aromatic carbocycles. The maximum atomic E-state index is 12.5. The van der Waals surface area contributed by atoms with Crippen molar-refractivity contribution in [3.05, 3.63) is 65.9 Å². The molecule has 4 heteroatoms. The lowest BCUT2D eigenvalue weighted by Crippen LogP contribution is -2.42.